The van der Waals surface area contributed by atoms with Crippen LogP contribution in [0, 0.1) is 12.0 Å². The molecule has 2 unspecified atom stereocenters. The quantitative estimate of drug-likeness (QED) is 0.872. The minimum absolute atomic E-state index is 0.147. The van der Waals surface area contributed by atoms with Crippen LogP contribution in [0.25, 0.3) is 0 Å². The largest absolute Gasteiger partial charge is 0.508 e. The minimum Gasteiger partial charge on any atom is -0.508 e. The number of phenols is 1. The molecule has 0 saturated heterocycles. The van der Waals surface area contributed by atoms with Gasteiger partial charge >= 0.3 is 0 Å². The second kappa shape index (κ2) is 5.87. The number of benzene rings is 2. The molecule has 135 valence electrons. The average molecular weight is 351 g/mol. The zero-order chi connectivity index (χ0) is 19.3. The molecule has 2 atom stereocenters. The van der Waals surface area contributed by atoms with E-state index >= 15 is 0 Å². The summed E-state index contributed by atoms with van der Waals surface area (Å²) in [7, 11) is 0. The Labute approximate surface area is 153 Å². The molecule has 1 heterocycles. The Morgan fingerprint density at radius 2 is 1.77 bits per heavy atom. The van der Waals surface area contributed by atoms with Crippen molar-refractivity contribution in [1.29, 1.82) is 0 Å². The van der Waals surface area contributed by atoms with Gasteiger partial charge in [-0.25, -0.2) is 0 Å². The number of carbonyl (C=O) groups is 2. The third-order valence-electron chi connectivity index (χ3n) is 5.57. The highest BCUT2D eigenvalue weighted by molar-refractivity contribution is 5.98. The summed E-state index contributed by atoms with van der Waals surface area (Å²) in [6, 6.07) is 15.2. The number of aromatic hydroxyl groups is 1. The maximum Gasteiger partial charge on any atom is 0.224 e. The van der Waals surface area contributed by atoms with Crippen LogP contribution in [0.5, 0.6) is 5.75 Å². The van der Waals surface area contributed by atoms with Crippen molar-refractivity contribution in [3.8, 4) is 5.75 Å². The third-order valence-corrected chi connectivity index (χ3v) is 5.57. The number of hydrogen-bond acceptors (Lipinski definition) is 3. The van der Waals surface area contributed by atoms with E-state index in [1.165, 1.54) is 6.92 Å². The van der Waals surface area contributed by atoms with E-state index in [2.05, 4.69) is 6.07 Å². The lowest BCUT2D eigenvalue weighted by molar-refractivity contribution is -0.127. The maximum absolute atomic E-state index is 12.6. The highest BCUT2D eigenvalue weighted by Crippen LogP contribution is 2.53. The van der Waals surface area contributed by atoms with Crippen LogP contribution in [0.3, 0.4) is 0 Å². The summed E-state index contributed by atoms with van der Waals surface area (Å²) in [5.41, 5.74) is 6.66. The number of primary amides is 1. The molecule has 2 aromatic carbocycles. The first-order chi connectivity index (χ1) is 12.1. The molecular formula is C21H23N2O3. The van der Waals surface area contributed by atoms with Crippen LogP contribution in [0.15, 0.2) is 42.5 Å². The van der Waals surface area contributed by atoms with Crippen LogP contribution in [0.1, 0.15) is 38.8 Å². The fourth-order valence-corrected chi connectivity index (χ4v) is 4.67. The number of amides is 2. The second-order valence-electron chi connectivity index (χ2n) is 7.54. The van der Waals surface area contributed by atoms with Crippen LogP contribution in [0.2, 0.25) is 0 Å². The maximum atomic E-state index is 12.6. The summed E-state index contributed by atoms with van der Waals surface area (Å²) in [5.74, 6) is -1.16. The van der Waals surface area contributed by atoms with Crippen molar-refractivity contribution in [1.82, 2.24) is 0 Å². The predicted molar refractivity (Wildman–Crippen MR) is 99.8 cm³/mol. The highest BCUT2D eigenvalue weighted by atomic mass is 16.3. The molecule has 1 radical (unpaired) electrons. The Morgan fingerprint density at radius 1 is 1.15 bits per heavy atom. The molecule has 0 fully saturated rings. The molecule has 5 heteroatoms. The number of nitrogens with zero attached hydrogens (tertiary/aromatic N) is 1. The lowest BCUT2D eigenvalue weighted by atomic mass is 9.57. The highest BCUT2D eigenvalue weighted by Gasteiger charge is 2.57. The lowest BCUT2D eigenvalue weighted by Crippen LogP contribution is -2.65. The SMILES string of the molecule is CC(=O)N1c2cc[c]cc2C(C)(c2ccc(O)cc2)C(C(N)=O)C1(C)C. The number of anilines is 1. The van der Waals surface area contributed by atoms with Gasteiger partial charge in [0.25, 0.3) is 0 Å². The van der Waals surface area contributed by atoms with Gasteiger partial charge in [-0.05, 0) is 55.3 Å². The molecule has 1 aliphatic heterocycles. The van der Waals surface area contributed by atoms with E-state index in [-0.39, 0.29) is 11.7 Å². The number of fused-ring (bicyclic) bond motifs is 1. The van der Waals surface area contributed by atoms with Gasteiger partial charge in [0.1, 0.15) is 5.75 Å². The molecule has 2 aromatic rings. The minimum atomic E-state index is -0.835. The molecule has 0 aromatic heterocycles. The van der Waals surface area contributed by atoms with Gasteiger partial charge in [0.05, 0.1) is 11.5 Å². The average Bonchev–Trinajstić information content (AvgIpc) is 2.53. The van der Waals surface area contributed by atoms with Crippen LogP contribution in [-0.2, 0) is 15.0 Å². The number of phenolic OH excluding ortho intramolecular Hbond substituents is 1. The van der Waals surface area contributed by atoms with Gasteiger partial charge in [-0.1, -0.05) is 25.1 Å². The lowest BCUT2D eigenvalue weighted by Gasteiger charge is -2.55. The monoisotopic (exact) mass is 351 g/mol. The Morgan fingerprint density at radius 3 is 2.31 bits per heavy atom. The number of hydrogen-bond donors (Lipinski definition) is 2. The van der Waals surface area contributed by atoms with Gasteiger partial charge in [0.2, 0.25) is 11.8 Å². The molecule has 3 rings (SSSR count). The van der Waals surface area contributed by atoms with Crippen molar-refractivity contribution in [3.05, 3.63) is 59.7 Å². The Bertz CT molecular complexity index is 873. The summed E-state index contributed by atoms with van der Waals surface area (Å²) in [6.45, 7) is 7.18. The molecule has 0 aliphatic carbocycles. The first-order valence-corrected chi connectivity index (χ1v) is 8.52. The first-order valence-electron chi connectivity index (χ1n) is 8.52. The Hall–Kier alpha value is -2.82. The molecule has 26 heavy (non-hydrogen) atoms. The summed E-state index contributed by atoms with van der Waals surface area (Å²) in [6.07, 6.45) is 0. The topological polar surface area (TPSA) is 83.6 Å². The van der Waals surface area contributed by atoms with Crippen molar-refractivity contribution in [3.63, 3.8) is 0 Å². The molecule has 0 saturated carbocycles. The smallest absolute Gasteiger partial charge is 0.224 e. The zero-order valence-corrected chi connectivity index (χ0v) is 15.4. The predicted octanol–water partition coefficient (Wildman–Crippen LogP) is 2.74. The van der Waals surface area contributed by atoms with Crippen molar-refractivity contribution >= 4 is 17.5 Å². The number of nitrogens with two attached hydrogens (primary N) is 1. The standard InChI is InChI=1S/C21H23N2O3/c1-13(24)23-17-8-6-5-7-16(17)21(4,14-9-11-15(25)12-10-14)18(19(22)26)20(23,2)3/h6-12,18,25H,1-4H3,(H2,22,26). The zero-order valence-electron chi connectivity index (χ0n) is 15.4. The summed E-state index contributed by atoms with van der Waals surface area (Å²) >= 11 is 0. The Kier molecular flexibility index (Phi) is 4.06. The van der Waals surface area contributed by atoms with Crippen LogP contribution < -0.4 is 10.6 Å². The summed E-state index contributed by atoms with van der Waals surface area (Å²) in [5, 5.41) is 9.68. The van der Waals surface area contributed by atoms with Gasteiger partial charge in [-0.15, -0.1) is 0 Å². The molecule has 0 bridgehead atoms. The number of carbonyl (C=O) groups excluding carboxylic acids is 2. The van der Waals surface area contributed by atoms with E-state index < -0.39 is 22.8 Å². The van der Waals surface area contributed by atoms with Crippen molar-refractivity contribution < 1.29 is 14.7 Å². The van der Waals surface area contributed by atoms with Gasteiger partial charge in [-0.2, -0.15) is 0 Å². The molecular weight excluding hydrogens is 328 g/mol. The molecule has 2 amide bonds. The first kappa shape index (κ1) is 18.0. The van der Waals surface area contributed by atoms with E-state index in [1.807, 2.05) is 32.9 Å². The van der Waals surface area contributed by atoms with E-state index in [1.54, 1.807) is 35.2 Å². The van der Waals surface area contributed by atoms with Crippen molar-refractivity contribution in [2.45, 2.75) is 38.6 Å². The van der Waals surface area contributed by atoms with Gasteiger partial charge < -0.3 is 15.7 Å². The summed E-state index contributed by atoms with van der Waals surface area (Å²) in [4.78, 5) is 26.7. The fourth-order valence-electron chi connectivity index (χ4n) is 4.67. The molecule has 5 nitrogen and oxygen atoms in total. The number of rotatable bonds is 2. The van der Waals surface area contributed by atoms with Crippen molar-refractivity contribution in [2.75, 3.05) is 4.90 Å². The second-order valence-corrected chi connectivity index (χ2v) is 7.54. The Balaban J connectivity index is 2.40. The van der Waals surface area contributed by atoms with Crippen LogP contribution in [-0.4, -0.2) is 22.5 Å². The van der Waals surface area contributed by atoms with E-state index in [0.29, 0.717) is 0 Å². The van der Waals surface area contributed by atoms with E-state index in [4.69, 9.17) is 5.73 Å². The van der Waals surface area contributed by atoms with Gasteiger partial charge in [0.15, 0.2) is 0 Å². The third kappa shape index (κ3) is 2.38. The van der Waals surface area contributed by atoms with Crippen LogP contribution in [0.4, 0.5) is 5.69 Å². The summed E-state index contributed by atoms with van der Waals surface area (Å²) < 4.78 is 0. The van der Waals surface area contributed by atoms with Crippen LogP contribution >= 0.6 is 0 Å². The van der Waals surface area contributed by atoms with Gasteiger partial charge in [-0.3, -0.25) is 9.59 Å². The molecule has 0 spiro atoms. The fraction of sp³-hybridized carbons (Fsp3) is 0.333. The normalized spacial score (nSPS) is 24.0. The van der Waals surface area contributed by atoms with Crippen molar-refractivity contribution in [2.24, 2.45) is 11.7 Å². The molecule has 3 N–H and O–H groups in total. The van der Waals surface area contributed by atoms with Gasteiger partial charge in [0, 0.05) is 18.0 Å². The van der Waals surface area contributed by atoms with E-state index in [9.17, 15) is 14.7 Å². The molecule has 1 aliphatic rings. The van der Waals surface area contributed by atoms with E-state index in [0.717, 1.165) is 16.8 Å².